The molecule has 0 unspecified atom stereocenters. The lowest BCUT2D eigenvalue weighted by atomic mass is 9.99. The SMILES string of the molecule is O=C(O)C1CN(Cc2ccc(-c3noc(-c4noc(-c5ccccc5)c4-c4ccccc4)n3)cc2)C1. The van der Waals surface area contributed by atoms with Crippen molar-refractivity contribution in [1.29, 1.82) is 0 Å². The average Bonchev–Trinajstić information content (AvgIpc) is 3.55. The van der Waals surface area contributed by atoms with Crippen molar-refractivity contribution >= 4 is 5.97 Å². The topological polar surface area (TPSA) is 105 Å². The number of benzene rings is 3. The summed E-state index contributed by atoms with van der Waals surface area (Å²) in [6.45, 7) is 1.87. The van der Waals surface area contributed by atoms with E-state index in [4.69, 9.17) is 14.2 Å². The van der Waals surface area contributed by atoms with Crippen molar-refractivity contribution in [2.45, 2.75) is 6.54 Å². The smallest absolute Gasteiger partial charge is 0.309 e. The fourth-order valence-electron chi connectivity index (χ4n) is 4.40. The summed E-state index contributed by atoms with van der Waals surface area (Å²) in [4.78, 5) is 17.7. The summed E-state index contributed by atoms with van der Waals surface area (Å²) >= 11 is 0. The van der Waals surface area contributed by atoms with E-state index in [1.807, 2.05) is 84.9 Å². The lowest BCUT2D eigenvalue weighted by Gasteiger charge is -2.36. The van der Waals surface area contributed by atoms with Gasteiger partial charge in [-0.25, -0.2) is 0 Å². The Morgan fingerprint density at radius 1 is 0.833 bits per heavy atom. The highest BCUT2D eigenvalue weighted by molar-refractivity contribution is 5.88. The number of hydrogen-bond acceptors (Lipinski definition) is 7. The fraction of sp³-hybridized carbons (Fsp3) is 0.143. The van der Waals surface area contributed by atoms with Gasteiger partial charge in [0.1, 0.15) is 0 Å². The van der Waals surface area contributed by atoms with Gasteiger partial charge in [0, 0.05) is 30.8 Å². The largest absolute Gasteiger partial charge is 0.481 e. The molecule has 3 aromatic carbocycles. The normalized spacial score (nSPS) is 14.0. The maximum atomic E-state index is 11.0. The Labute approximate surface area is 206 Å². The number of carboxylic acid groups (broad SMARTS) is 1. The zero-order chi connectivity index (χ0) is 24.5. The van der Waals surface area contributed by atoms with Gasteiger partial charge in [0.15, 0.2) is 11.5 Å². The second-order valence-corrected chi connectivity index (χ2v) is 8.82. The van der Waals surface area contributed by atoms with Crippen molar-refractivity contribution in [1.82, 2.24) is 20.2 Å². The molecule has 36 heavy (non-hydrogen) atoms. The van der Waals surface area contributed by atoms with Crippen molar-refractivity contribution in [2.75, 3.05) is 13.1 Å². The quantitative estimate of drug-likeness (QED) is 0.338. The van der Waals surface area contributed by atoms with Gasteiger partial charge in [0.05, 0.1) is 11.5 Å². The van der Waals surface area contributed by atoms with Crippen molar-refractivity contribution in [3.8, 4) is 45.4 Å². The number of rotatable bonds is 7. The van der Waals surface area contributed by atoms with Crippen molar-refractivity contribution < 1.29 is 18.9 Å². The summed E-state index contributed by atoms with van der Waals surface area (Å²) in [5, 5.41) is 17.5. The summed E-state index contributed by atoms with van der Waals surface area (Å²) in [7, 11) is 0. The molecule has 0 amide bonds. The number of carboxylic acids is 1. The number of hydrogen-bond donors (Lipinski definition) is 1. The number of aliphatic carboxylic acids is 1. The van der Waals surface area contributed by atoms with Crippen LogP contribution in [0.4, 0.5) is 0 Å². The van der Waals surface area contributed by atoms with E-state index in [9.17, 15) is 4.79 Å². The maximum Gasteiger partial charge on any atom is 0.309 e. The zero-order valence-electron chi connectivity index (χ0n) is 19.2. The van der Waals surface area contributed by atoms with Crippen molar-refractivity contribution in [2.24, 2.45) is 5.92 Å². The van der Waals surface area contributed by atoms with E-state index in [2.05, 4.69) is 20.2 Å². The van der Waals surface area contributed by atoms with Crippen LogP contribution in [-0.2, 0) is 11.3 Å². The fourth-order valence-corrected chi connectivity index (χ4v) is 4.40. The van der Waals surface area contributed by atoms with E-state index in [0.29, 0.717) is 36.9 Å². The first-order valence-electron chi connectivity index (χ1n) is 11.6. The molecule has 1 aliphatic rings. The van der Waals surface area contributed by atoms with Crippen LogP contribution >= 0.6 is 0 Å². The molecule has 178 valence electrons. The molecule has 0 aliphatic carbocycles. The Hall–Kier alpha value is -4.56. The summed E-state index contributed by atoms with van der Waals surface area (Å²) < 4.78 is 11.4. The summed E-state index contributed by atoms with van der Waals surface area (Å²) in [6.07, 6.45) is 0. The number of nitrogens with zero attached hydrogens (tertiary/aromatic N) is 4. The number of carbonyl (C=O) groups is 1. The second kappa shape index (κ2) is 9.24. The predicted molar refractivity (Wildman–Crippen MR) is 133 cm³/mol. The van der Waals surface area contributed by atoms with Gasteiger partial charge in [-0.1, -0.05) is 95.2 Å². The van der Waals surface area contributed by atoms with Gasteiger partial charge in [-0.3, -0.25) is 9.69 Å². The Balaban J connectivity index is 1.27. The van der Waals surface area contributed by atoms with Crippen LogP contribution in [0.1, 0.15) is 5.56 Å². The first-order chi connectivity index (χ1) is 17.7. The molecule has 0 spiro atoms. The monoisotopic (exact) mass is 478 g/mol. The minimum Gasteiger partial charge on any atom is -0.481 e. The molecule has 0 radical (unpaired) electrons. The Morgan fingerprint density at radius 2 is 1.50 bits per heavy atom. The predicted octanol–water partition coefficient (Wildman–Crippen LogP) is 5.24. The molecule has 0 bridgehead atoms. The van der Waals surface area contributed by atoms with Gasteiger partial charge in [-0.05, 0) is 11.1 Å². The second-order valence-electron chi connectivity index (χ2n) is 8.82. The third-order valence-electron chi connectivity index (χ3n) is 6.34. The van der Waals surface area contributed by atoms with Crippen LogP contribution < -0.4 is 0 Å². The van der Waals surface area contributed by atoms with Crippen LogP contribution in [-0.4, -0.2) is 44.4 Å². The molecule has 1 N–H and O–H groups in total. The summed E-state index contributed by atoms with van der Waals surface area (Å²) in [5.41, 5.74) is 5.04. The molecule has 6 rings (SSSR count). The molecule has 3 heterocycles. The van der Waals surface area contributed by atoms with Gasteiger partial charge in [-0.2, -0.15) is 4.98 Å². The molecule has 0 saturated carbocycles. The molecule has 2 aromatic heterocycles. The van der Waals surface area contributed by atoms with Crippen LogP contribution in [0, 0.1) is 5.92 Å². The van der Waals surface area contributed by atoms with E-state index in [1.54, 1.807) is 0 Å². The standard InChI is InChI=1S/C28H22N4O4/c33-28(34)22-16-32(17-22)15-18-11-13-21(14-12-18)26-29-27(36-31-26)24-23(19-7-3-1-4-8-19)25(35-30-24)20-9-5-2-6-10-20/h1-14,22H,15-17H2,(H,33,34). The van der Waals surface area contributed by atoms with Gasteiger partial charge < -0.3 is 14.2 Å². The average molecular weight is 479 g/mol. The molecule has 1 aliphatic heterocycles. The highest BCUT2D eigenvalue weighted by Crippen LogP contribution is 2.39. The number of aromatic nitrogens is 3. The van der Waals surface area contributed by atoms with Gasteiger partial charge in [0.25, 0.3) is 5.89 Å². The molecule has 0 atom stereocenters. The van der Waals surface area contributed by atoms with E-state index in [0.717, 1.165) is 27.8 Å². The third-order valence-corrected chi connectivity index (χ3v) is 6.34. The van der Waals surface area contributed by atoms with Crippen LogP contribution in [0.3, 0.4) is 0 Å². The Morgan fingerprint density at radius 3 is 2.17 bits per heavy atom. The maximum absolute atomic E-state index is 11.0. The van der Waals surface area contributed by atoms with Gasteiger partial charge >= 0.3 is 5.97 Å². The van der Waals surface area contributed by atoms with Gasteiger partial charge in [0.2, 0.25) is 5.82 Å². The third kappa shape index (κ3) is 4.18. The van der Waals surface area contributed by atoms with E-state index >= 15 is 0 Å². The molecule has 1 saturated heterocycles. The Kier molecular flexibility index (Phi) is 5.63. The van der Waals surface area contributed by atoms with Crippen LogP contribution in [0.25, 0.3) is 45.4 Å². The van der Waals surface area contributed by atoms with Crippen molar-refractivity contribution in [3.63, 3.8) is 0 Å². The molecule has 1 fully saturated rings. The minimum absolute atomic E-state index is 0.262. The highest BCUT2D eigenvalue weighted by Gasteiger charge is 2.32. The van der Waals surface area contributed by atoms with Crippen LogP contribution in [0.2, 0.25) is 0 Å². The molecular weight excluding hydrogens is 456 g/mol. The lowest BCUT2D eigenvalue weighted by Crippen LogP contribution is -2.49. The first-order valence-corrected chi connectivity index (χ1v) is 11.6. The number of likely N-dealkylation sites (tertiary alicyclic amines) is 1. The summed E-state index contributed by atoms with van der Waals surface area (Å²) in [5.74, 6) is 0.376. The molecule has 8 heteroatoms. The summed E-state index contributed by atoms with van der Waals surface area (Å²) in [6, 6.07) is 27.5. The minimum atomic E-state index is -0.729. The Bertz CT molecular complexity index is 1490. The zero-order valence-corrected chi connectivity index (χ0v) is 19.2. The van der Waals surface area contributed by atoms with Gasteiger partial charge in [-0.15, -0.1) is 0 Å². The lowest BCUT2D eigenvalue weighted by molar-refractivity contribution is -0.147. The van der Waals surface area contributed by atoms with Crippen LogP contribution in [0.15, 0.2) is 94.0 Å². The first kappa shape index (κ1) is 21.9. The van der Waals surface area contributed by atoms with E-state index in [1.165, 1.54) is 0 Å². The molecule has 8 nitrogen and oxygen atoms in total. The highest BCUT2D eigenvalue weighted by atomic mass is 16.5. The van der Waals surface area contributed by atoms with E-state index in [-0.39, 0.29) is 11.8 Å². The molecule has 5 aromatic rings. The van der Waals surface area contributed by atoms with Crippen molar-refractivity contribution in [3.05, 3.63) is 90.5 Å². The van der Waals surface area contributed by atoms with E-state index < -0.39 is 5.97 Å². The molecular formula is C28H22N4O4. The van der Waals surface area contributed by atoms with Crippen LogP contribution in [0.5, 0.6) is 0 Å².